The van der Waals surface area contributed by atoms with E-state index in [0.717, 1.165) is 45.6 Å². The molecule has 5 heteroatoms. The molecule has 24 heavy (non-hydrogen) atoms. The fraction of sp³-hybridized carbons (Fsp3) is 0.632. The van der Waals surface area contributed by atoms with Gasteiger partial charge in [-0.3, -0.25) is 9.69 Å². The number of nitrogens with one attached hydrogen (secondary N) is 1. The van der Waals surface area contributed by atoms with Crippen molar-refractivity contribution < 1.29 is 14.3 Å². The van der Waals surface area contributed by atoms with Crippen LogP contribution in [0.3, 0.4) is 0 Å². The standard InChI is InChI=1S/C19H26N2O3/c1-14-17(24-14)18(22)20-16-11-19(7-9-23-10-8-19)21(13-16)12-15-5-3-2-4-6-15/h2-6,14,16-17H,7-13H2,1H3,(H,20,22)/t14-,16?,17+/m0/s1. The van der Waals surface area contributed by atoms with E-state index in [4.69, 9.17) is 9.47 Å². The smallest absolute Gasteiger partial charge is 0.252 e. The topological polar surface area (TPSA) is 54.1 Å². The first-order valence-electron chi connectivity index (χ1n) is 8.99. The van der Waals surface area contributed by atoms with E-state index in [1.807, 2.05) is 6.92 Å². The Morgan fingerprint density at radius 1 is 1.29 bits per heavy atom. The molecule has 1 unspecified atom stereocenters. The molecule has 1 N–H and O–H groups in total. The van der Waals surface area contributed by atoms with Gasteiger partial charge in [0.1, 0.15) is 0 Å². The summed E-state index contributed by atoms with van der Waals surface area (Å²) in [7, 11) is 0. The summed E-state index contributed by atoms with van der Waals surface area (Å²) < 4.78 is 10.9. The molecular weight excluding hydrogens is 304 g/mol. The van der Waals surface area contributed by atoms with E-state index in [-0.39, 0.29) is 29.7 Å². The van der Waals surface area contributed by atoms with Crippen LogP contribution in [0.4, 0.5) is 0 Å². The molecule has 1 spiro atoms. The normalized spacial score (nSPS) is 32.0. The van der Waals surface area contributed by atoms with E-state index in [9.17, 15) is 4.79 Å². The van der Waals surface area contributed by atoms with Crippen molar-refractivity contribution >= 4 is 5.91 Å². The van der Waals surface area contributed by atoms with Gasteiger partial charge in [-0.15, -0.1) is 0 Å². The number of benzene rings is 1. The number of hydrogen-bond acceptors (Lipinski definition) is 4. The Balaban J connectivity index is 1.46. The molecular formula is C19H26N2O3. The van der Waals surface area contributed by atoms with Gasteiger partial charge in [0, 0.05) is 37.9 Å². The molecule has 1 aromatic rings. The van der Waals surface area contributed by atoms with Crippen molar-refractivity contribution in [3.63, 3.8) is 0 Å². The van der Waals surface area contributed by atoms with E-state index in [1.54, 1.807) is 0 Å². The zero-order valence-electron chi connectivity index (χ0n) is 14.2. The van der Waals surface area contributed by atoms with Crippen LogP contribution in [0.15, 0.2) is 30.3 Å². The lowest BCUT2D eigenvalue weighted by atomic mass is 9.86. The predicted molar refractivity (Wildman–Crippen MR) is 90.5 cm³/mol. The van der Waals surface area contributed by atoms with Crippen LogP contribution in [0.1, 0.15) is 31.7 Å². The molecule has 3 heterocycles. The van der Waals surface area contributed by atoms with Gasteiger partial charge in [-0.25, -0.2) is 0 Å². The molecule has 0 saturated carbocycles. The lowest BCUT2D eigenvalue weighted by Gasteiger charge is -2.41. The largest absolute Gasteiger partial charge is 0.381 e. The van der Waals surface area contributed by atoms with Gasteiger partial charge in [0.25, 0.3) is 5.91 Å². The summed E-state index contributed by atoms with van der Waals surface area (Å²) >= 11 is 0. The second-order valence-corrected chi connectivity index (χ2v) is 7.37. The third-order valence-electron chi connectivity index (χ3n) is 5.69. The minimum Gasteiger partial charge on any atom is -0.381 e. The second kappa shape index (κ2) is 6.47. The van der Waals surface area contributed by atoms with E-state index in [0.29, 0.717) is 0 Å². The Labute approximate surface area is 143 Å². The quantitative estimate of drug-likeness (QED) is 0.854. The minimum absolute atomic E-state index is 0.0521. The third kappa shape index (κ3) is 3.21. The molecule has 5 nitrogen and oxygen atoms in total. The highest BCUT2D eigenvalue weighted by Gasteiger charge is 2.48. The summed E-state index contributed by atoms with van der Waals surface area (Å²) in [5.41, 5.74) is 1.48. The van der Waals surface area contributed by atoms with Crippen molar-refractivity contribution in [3.8, 4) is 0 Å². The minimum atomic E-state index is -0.237. The first-order valence-corrected chi connectivity index (χ1v) is 8.99. The van der Waals surface area contributed by atoms with Crippen LogP contribution in [-0.2, 0) is 20.8 Å². The van der Waals surface area contributed by atoms with Gasteiger partial charge in [0.2, 0.25) is 0 Å². The number of epoxide rings is 1. The molecule has 0 aromatic heterocycles. The summed E-state index contributed by atoms with van der Waals surface area (Å²) in [4.78, 5) is 14.8. The van der Waals surface area contributed by atoms with Crippen LogP contribution in [0.25, 0.3) is 0 Å². The molecule has 3 atom stereocenters. The van der Waals surface area contributed by atoms with E-state index >= 15 is 0 Å². The number of carbonyl (C=O) groups excluding carboxylic acids is 1. The first kappa shape index (κ1) is 16.1. The molecule has 1 aromatic carbocycles. The van der Waals surface area contributed by atoms with Crippen LogP contribution in [0.2, 0.25) is 0 Å². The highest BCUT2D eigenvalue weighted by molar-refractivity contribution is 5.83. The Morgan fingerprint density at radius 3 is 2.67 bits per heavy atom. The highest BCUT2D eigenvalue weighted by Crippen LogP contribution is 2.39. The zero-order valence-corrected chi connectivity index (χ0v) is 14.2. The third-order valence-corrected chi connectivity index (χ3v) is 5.69. The van der Waals surface area contributed by atoms with Crippen molar-refractivity contribution in [2.75, 3.05) is 19.8 Å². The summed E-state index contributed by atoms with van der Waals surface area (Å²) in [6.45, 7) is 5.41. The number of likely N-dealkylation sites (tertiary alicyclic amines) is 1. The number of ether oxygens (including phenoxy) is 2. The van der Waals surface area contributed by atoms with Gasteiger partial charge >= 0.3 is 0 Å². The summed E-state index contributed by atoms with van der Waals surface area (Å²) in [5, 5.41) is 3.21. The molecule has 3 aliphatic rings. The molecule has 130 valence electrons. The fourth-order valence-corrected chi connectivity index (χ4v) is 4.26. The number of amides is 1. The maximum absolute atomic E-state index is 12.2. The van der Waals surface area contributed by atoms with E-state index in [2.05, 4.69) is 40.5 Å². The van der Waals surface area contributed by atoms with Gasteiger partial charge in [-0.1, -0.05) is 30.3 Å². The summed E-state index contributed by atoms with van der Waals surface area (Å²) in [6.07, 6.45) is 2.93. The van der Waals surface area contributed by atoms with Crippen molar-refractivity contribution in [1.29, 1.82) is 0 Å². The van der Waals surface area contributed by atoms with E-state index < -0.39 is 0 Å². The first-order chi connectivity index (χ1) is 11.7. The van der Waals surface area contributed by atoms with Gasteiger partial charge in [-0.05, 0) is 31.7 Å². The Kier molecular flexibility index (Phi) is 4.33. The summed E-state index contributed by atoms with van der Waals surface area (Å²) in [5.74, 6) is 0.0521. The van der Waals surface area contributed by atoms with Crippen molar-refractivity contribution in [3.05, 3.63) is 35.9 Å². The van der Waals surface area contributed by atoms with Gasteiger partial charge in [0.15, 0.2) is 6.10 Å². The average molecular weight is 330 g/mol. The lowest BCUT2D eigenvalue weighted by molar-refractivity contribution is -0.122. The fourth-order valence-electron chi connectivity index (χ4n) is 4.26. The maximum Gasteiger partial charge on any atom is 0.252 e. The lowest BCUT2D eigenvalue weighted by Crippen LogP contribution is -2.47. The average Bonchev–Trinajstić information content (AvgIpc) is 3.25. The summed E-state index contributed by atoms with van der Waals surface area (Å²) in [6, 6.07) is 10.8. The number of hydrogen-bond donors (Lipinski definition) is 1. The molecule has 3 aliphatic heterocycles. The van der Waals surface area contributed by atoms with Crippen LogP contribution >= 0.6 is 0 Å². The monoisotopic (exact) mass is 330 g/mol. The number of nitrogens with zero attached hydrogens (tertiary/aromatic N) is 1. The molecule has 3 fully saturated rings. The Hall–Kier alpha value is -1.43. The van der Waals surface area contributed by atoms with Crippen LogP contribution in [0, 0.1) is 0 Å². The molecule has 0 aliphatic carbocycles. The molecule has 3 saturated heterocycles. The van der Waals surface area contributed by atoms with Crippen LogP contribution in [-0.4, -0.2) is 54.4 Å². The van der Waals surface area contributed by atoms with Crippen molar-refractivity contribution in [2.45, 2.75) is 56.5 Å². The van der Waals surface area contributed by atoms with E-state index in [1.165, 1.54) is 5.56 Å². The number of rotatable bonds is 4. The Morgan fingerprint density at radius 2 is 2.00 bits per heavy atom. The SMILES string of the molecule is C[C@@H]1O[C@H]1C(=O)NC1CN(Cc2ccccc2)C2(CCOCC2)C1. The van der Waals surface area contributed by atoms with Crippen molar-refractivity contribution in [1.82, 2.24) is 10.2 Å². The zero-order chi connectivity index (χ0) is 16.6. The Bertz CT molecular complexity index is 586. The van der Waals surface area contributed by atoms with Gasteiger partial charge in [0.05, 0.1) is 6.10 Å². The van der Waals surface area contributed by atoms with Gasteiger partial charge < -0.3 is 14.8 Å². The molecule has 1 amide bonds. The molecule has 4 rings (SSSR count). The molecule has 0 bridgehead atoms. The van der Waals surface area contributed by atoms with Crippen molar-refractivity contribution in [2.24, 2.45) is 0 Å². The highest BCUT2D eigenvalue weighted by atomic mass is 16.6. The second-order valence-electron chi connectivity index (χ2n) is 7.37. The maximum atomic E-state index is 12.2. The van der Waals surface area contributed by atoms with Crippen LogP contribution in [0.5, 0.6) is 0 Å². The number of carbonyl (C=O) groups is 1. The molecule has 0 radical (unpaired) electrons. The van der Waals surface area contributed by atoms with Gasteiger partial charge in [-0.2, -0.15) is 0 Å². The van der Waals surface area contributed by atoms with Crippen LogP contribution < -0.4 is 5.32 Å². The predicted octanol–water partition coefficient (Wildman–Crippen LogP) is 1.71.